The van der Waals surface area contributed by atoms with Crippen molar-refractivity contribution < 1.29 is 13.2 Å². The number of hydrogen-bond donors (Lipinski definition) is 2. The van der Waals surface area contributed by atoms with Gasteiger partial charge in [-0.25, -0.2) is 8.42 Å². The predicted octanol–water partition coefficient (Wildman–Crippen LogP) is 5.29. The maximum Gasteiger partial charge on any atom is 0.261 e. The monoisotopic (exact) mass is 436 g/mol. The Hall–Kier alpha value is -3.12. The highest BCUT2D eigenvalue weighted by Crippen LogP contribution is 2.22. The van der Waals surface area contributed by atoms with Crippen LogP contribution in [0.15, 0.2) is 71.6 Å². The van der Waals surface area contributed by atoms with Gasteiger partial charge in [0.25, 0.3) is 15.9 Å². The van der Waals surface area contributed by atoms with Crippen LogP contribution >= 0.6 is 0 Å². The quantitative estimate of drug-likeness (QED) is 0.528. The molecule has 0 saturated heterocycles. The molecular weight excluding hydrogens is 408 g/mol. The first-order valence-electron chi connectivity index (χ1n) is 10.3. The van der Waals surface area contributed by atoms with Crippen molar-refractivity contribution in [3.63, 3.8) is 0 Å². The second kappa shape index (κ2) is 9.35. The number of amides is 1. The van der Waals surface area contributed by atoms with Gasteiger partial charge in [0.2, 0.25) is 0 Å². The molecule has 0 fully saturated rings. The number of hydrogen-bond acceptors (Lipinski definition) is 3. The highest BCUT2D eigenvalue weighted by atomic mass is 32.2. The largest absolute Gasteiger partial charge is 0.345 e. The fraction of sp³-hybridized carbons (Fsp3) is 0.240. The maximum atomic E-state index is 12.9. The van der Waals surface area contributed by atoms with E-state index in [9.17, 15) is 13.2 Å². The van der Waals surface area contributed by atoms with E-state index in [-0.39, 0.29) is 16.8 Å². The van der Waals surface area contributed by atoms with Crippen LogP contribution < -0.4 is 10.0 Å². The molecule has 1 amide bonds. The topological polar surface area (TPSA) is 75.3 Å². The van der Waals surface area contributed by atoms with Gasteiger partial charge in [-0.15, -0.1) is 0 Å². The van der Waals surface area contributed by atoms with Crippen molar-refractivity contribution in [2.45, 2.75) is 45.1 Å². The Balaban J connectivity index is 1.80. The molecule has 3 aromatic carbocycles. The van der Waals surface area contributed by atoms with E-state index in [2.05, 4.69) is 23.0 Å². The molecule has 3 aromatic rings. The van der Waals surface area contributed by atoms with Crippen molar-refractivity contribution in [2.24, 2.45) is 0 Å². The van der Waals surface area contributed by atoms with Crippen LogP contribution in [0.4, 0.5) is 5.69 Å². The molecule has 0 aromatic heterocycles. The van der Waals surface area contributed by atoms with Gasteiger partial charge in [0.15, 0.2) is 0 Å². The summed E-state index contributed by atoms with van der Waals surface area (Å²) in [5.41, 5.74) is 5.21. The van der Waals surface area contributed by atoms with Crippen molar-refractivity contribution >= 4 is 21.6 Å². The van der Waals surface area contributed by atoms with E-state index in [4.69, 9.17) is 0 Å². The zero-order chi connectivity index (χ0) is 22.6. The van der Waals surface area contributed by atoms with Gasteiger partial charge in [-0.05, 0) is 74.2 Å². The molecule has 1 atom stereocenters. The van der Waals surface area contributed by atoms with Crippen LogP contribution in [0.3, 0.4) is 0 Å². The summed E-state index contributed by atoms with van der Waals surface area (Å²) in [5, 5.41) is 3.03. The molecule has 0 saturated carbocycles. The molecule has 0 unspecified atom stereocenters. The zero-order valence-corrected chi connectivity index (χ0v) is 19.1. The molecule has 6 heteroatoms. The molecule has 3 rings (SSSR count). The first-order valence-corrected chi connectivity index (χ1v) is 11.8. The molecule has 162 valence electrons. The Bertz CT molecular complexity index is 1190. The van der Waals surface area contributed by atoms with Gasteiger partial charge in [-0.1, -0.05) is 48.9 Å². The molecule has 0 aliphatic carbocycles. The fourth-order valence-corrected chi connectivity index (χ4v) is 4.39. The molecule has 5 nitrogen and oxygen atoms in total. The summed E-state index contributed by atoms with van der Waals surface area (Å²) < 4.78 is 28.1. The standard InChI is InChI=1S/C25H28N2O3S/c1-5-24(20-12-11-18(3)19(4)15-20)26-25(28)21-7-6-8-23(16-21)31(29,30)27-22-13-9-17(2)10-14-22/h6-16,24,27H,5H2,1-4H3,(H,26,28)/t24-/m1/s1. The number of benzene rings is 3. The van der Waals surface area contributed by atoms with E-state index < -0.39 is 10.0 Å². The molecule has 0 heterocycles. The van der Waals surface area contributed by atoms with Crippen LogP contribution in [0, 0.1) is 20.8 Å². The minimum absolute atomic E-state index is 0.0416. The van der Waals surface area contributed by atoms with E-state index in [1.807, 2.05) is 45.0 Å². The number of aryl methyl sites for hydroxylation is 3. The maximum absolute atomic E-state index is 12.9. The van der Waals surface area contributed by atoms with Gasteiger partial charge in [-0.2, -0.15) is 0 Å². The van der Waals surface area contributed by atoms with Crippen molar-refractivity contribution in [1.82, 2.24) is 5.32 Å². The van der Waals surface area contributed by atoms with E-state index in [0.29, 0.717) is 11.3 Å². The van der Waals surface area contributed by atoms with Crippen LogP contribution in [-0.2, 0) is 10.0 Å². The van der Waals surface area contributed by atoms with E-state index >= 15 is 0 Å². The summed E-state index contributed by atoms with van der Waals surface area (Å²) in [7, 11) is -3.81. The van der Waals surface area contributed by atoms with Gasteiger partial charge < -0.3 is 5.32 Å². The van der Waals surface area contributed by atoms with Gasteiger partial charge in [0.05, 0.1) is 10.9 Å². The average molecular weight is 437 g/mol. The van der Waals surface area contributed by atoms with Gasteiger partial charge in [0.1, 0.15) is 0 Å². The van der Waals surface area contributed by atoms with E-state index in [1.54, 1.807) is 24.3 Å². The van der Waals surface area contributed by atoms with E-state index in [1.165, 1.54) is 23.3 Å². The van der Waals surface area contributed by atoms with Gasteiger partial charge in [0, 0.05) is 11.3 Å². The van der Waals surface area contributed by atoms with E-state index in [0.717, 1.165) is 17.5 Å². The van der Waals surface area contributed by atoms with Crippen molar-refractivity contribution in [2.75, 3.05) is 4.72 Å². The number of anilines is 1. The zero-order valence-electron chi connectivity index (χ0n) is 18.3. The number of sulfonamides is 1. The second-order valence-corrected chi connectivity index (χ2v) is 9.46. The molecule has 2 N–H and O–H groups in total. The third-order valence-electron chi connectivity index (χ3n) is 5.36. The predicted molar refractivity (Wildman–Crippen MR) is 125 cm³/mol. The Labute approximate surface area is 184 Å². The molecule has 0 aliphatic heterocycles. The lowest BCUT2D eigenvalue weighted by Crippen LogP contribution is -2.28. The van der Waals surface area contributed by atoms with Crippen molar-refractivity contribution in [1.29, 1.82) is 0 Å². The Morgan fingerprint density at radius 2 is 1.61 bits per heavy atom. The fourth-order valence-electron chi connectivity index (χ4n) is 3.28. The van der Waals surface area contributed by atoms with Crippen LogP contribution in [0.2, 0.25) is 0 Å². The van der Waals surface area contributed by atoms with Gasteiger partial charge >= 0.3 is 0 Å². The lowest BCUT2D eigenvalue weighted by Gasteiger charge is -2.19. The van der Waals surface area contributed by atoms with Crippen LogP contribution in [0.5, 0.6) is 0 Å². The summed E-state index contributed by atoms with van der Waals surface area (Å²) in [4.78, 5) is 12.9. The van der Waals surface area contributed by atoms with Crippen molar-refractivity contribution in [3.8, 4) is 0 Å². The van der Waals surface area contributed by atoms with Crippen LogP contribution in [-0.4, -0.2) is 14.3 Å². The average Bonchev–Trinajstić information content (AvgIpc) is 2.75. The highest BCUT2D eigenvalue weighted by molar-refractivity contribution is 7.92. The third-order valence-corrected chi connectivity index (χ3v) is 6.74. The summed E-state index contributed by atoms with van der Waals surface area (Å²) in [6.45, 7) is 8.03. The van der Waals surface area contributed by atoms with Crippen LogP contribution in [0.25, 0.3) is 0 Å². The first kappa shape index (κ1) is 22.6. The Kier molecular flexibility index (Phi) is 6.81. The lowest BCUT2D eigenvalue weighted by molar-refractivity contribution is 0.0935. The minimum atomic E-state index is -3.81. The van der Waals surface area contributed by atoms with Crippen LogP contribution in [0.1, 0.15) is 52.0 Å². The number of rotatable bonds is 7. The summed E-state index contributed by atoms with van der Waals surface area (Å²) in [6, 6.07) is 19.1. The first-order chi connectivity index (χ1) is 14.7. The summed E-state index contributed by atoms with van der Waals surface area (Å²) in [6.07, 6.45) is 0.723. The third kappa shape index (κ3) is 5.52. The summed E-state index contributed by atoms with van der Waals surface area (Å²) in [5.74, 6) is -0.308. The Morgan fingerprint density at radius 1 is 0.903 bits per heavy atom. The molecule has 0 spiro atoms. The minimum Gasteiger partial charge on any atom is -0.345 e. The number of carbonyl (C=O) groups excluding carboxylic acids is 1. The SMILES string of the molecule is CC[C@@H](NC(=O)c1cccc(S(=O)(=O)Nc2ccc(C)cc2)c1)c1ccc(C)c(C)c1. The Morgan fingerprint density at radius 3 is 2.26 bits per heavy atom. The molecule has 0 bridgehead atoms. The molecular formula is C25H28N2O3S. The second-order valence-electron chi connectivity index (χ2n) is 7.78. The molecule has 0 radical (unpaired) electrons. The van der Waals surface area contributed by atoms with Gasteiger partial charge in [-0.3, -0.25) is 9.52 Å². The molecule has 31 heavy (non-hydrogen) atoms. The lowest BCUT2D eigenvalue weighted by atomic mass is 9.99. The highest BCUT2D eigenvalue weighted by Gasteiger charge is 2.19. The normalized spacial score (nSPS) is 12.3. The number of carbonyl (C=O) groups is 1. The van der Waals surface area contributed by atoms with Crippen molar-refractivity contribution in [3.05, 3.63) is 94.5 Å². The smallest absolute Gasteiger partial charge is 0.261 e. The molecule has 0 aliphatic rings. The summed E-state index contributed by atoms with van der Waals surface area (Å²) >= 11 is 0. The number of nitrogens with one attached hydrogen (secondary N) is 2.